The summed E-state index contributed by atoms with van der Waals surface area (Å²) >= 11 is 16.2. The van der Waals surface area contributed by atoms with Gasteiger partial charge in [-0.15, -0.1) is 23.5 Å². The molecule has 4 fully saturated rings. The molecule has 0 aliphatic carbocycles. The topological polar surface area (TPSA) is 114 Å². The van der Waals surface area contributed by atoms with Crippen molar-refractivity contribution in [1.29, 1.82) is 0 Å². The Morgan fingerprint density at radius 3 is 1.66 bits per heavy atom. The minimum absolute atomic E-state index is 0.186. The zero-order valence-electron chi connectivity index (χ0n) is 30.9. The predicted octanol–water partition coefficient (Wildman–Crippen LogP) is 10.1. The molecule has 6 heterocycles. The lowest BCUT2D eigenvalue weighted by Crippen LogP contribution is -2.40. The van der Waals surface area contributed by atoms with Crippen molar-refractivity contribution in [2.24, 2.45) is 0 Å². The molecule has 0 spiro atoms. The lowest BCUT2D eigenvalue weighted by molar-refractivity contribution is -0.0500. The van der Waals surface area contributed by atoms with Crippen molar-refractivity contribution in [3.8, 4) is 5.75 Å². The fraction of sp³-hybridized carbons (Fsp3) is 0.436. The summed E-state index contributed by atoms with van der Waals surface area (Å²) in [6.45, 7) is 0. The number of rotatable bonds is 8. The van der Waals surface area contributed by atoms with E-state index in [2.05, 4.69) is 55.5 Å². The molecule has 0 amide bonds. The summed E-state index contributed by atoms with van der Waals surface area (Å²) in [7, 11) is -1.26. The second-order valence-electron chi connectivity index (χ2n) is 14.4. The third-order valence-electron chi connectivity index (χ3n) is 10.7. The van der Waals surface area contributed by atoms with E-state index in [9.17, 15) is 21.6 Å². The van der Waals surface area contributed by atoms with Crippen LogP contribution in [-0.2, 0) is 10.1 Å². The van der Waals surface area contributed by atoms with Crippen molar-refractivity contribution in [2.75, 3.05) is 25.1 Å². The molecule has 8 rings (SSSR count). The first-order valence-corrected chi connectivity index (χ1v) is 22.3. The number of nitrogens with one attached hydrogen (secondary N) is 1. The Morgan fingerprint density at radius 2 is 1.25 bits per heavy atom. The molecular weight excluding hydrogens is 825 g/mol. The fourth-order valence-corrected chi connectivity index (χ4v) is 11.4. The van der Waals surface area contributed by atoms with Gasteiger partial charge in [0.25, 0.3) is 0 Å². The Balaban J connectivity index is 0.000000162. The number of fused-ring (bicyclic) bond motifs is 4. The number of nitrogen functional groups attached to an aromatic ring is 1. The Kier molecular flexibility index (Phi) is 14.3. The van der Waals surface area contributed by atoms with Crippen molar-refractivity contribution in [2.45, 2.75) is 101 Å². The molecule has 302 valence electrons. The second-order valence-corrected chi connectivity index (χ2v) is 19.4. The number of nitrogens with zero attached hydrogens (tertiary/aromatic N) is 4. The van der Waals surface area contributed by atoms with Crippen LogP contribution in [-0.4, -0.2) is 82.5 Å². The van der Waals surface area contributed by atoms with E-state index in [0.29, 0.717) is 33.2 Å². The molecule has 4 aliphatic heterocycles. The van der Waals surface area contributed by atoms with E-state index in [4.69, 9.17) is 28.9 Å². The molecular formula is C39H45Cl2F3N6O3S3. The van der Waals surface area contributed by atoms with Crippen molar-refractivity contribution in [3.63, 3.8) is 0 Å². The summed E-state index contributed by atoms with van der Waals surface area (Å²) in [5.74, 6) is -0.449. The van der Waals surface area contributed by atoms with Gasteiger partial charge >= 0.3 is 15.6 Å². The first-order chi connectivity index (χ1) is 26.6. The number of benzene rings is 2. The highest BCUT2D eigenvalue weighted by molar-refractivity contribution is 8.00. The third kappa shape index (κ3) is 11.2. The molecule has 2 unspecified atom stereocenters. The van der Waals surface area contributed by atoms with Crippen LogP contribution in [0.25, 0.3) is 0 Å². The van der Waals surface area contributed by atoms with Gasteiger partial charge in [0.2, 0.25) is 0 Å². The third-order valence-corrected chi connectivity index (χ3v) is 15.1. The lowest BCUT2D eigenvalue weighted by atomic mass is 10.0. The highest BCUT2D eigenvalue weighted by atomic mass is 35.5. The van der Waals surface area contributed by atoms with Crippen LogP contribution in [0, 0.1) is 0 Å². The first kappa shape index (κ1) is 42.7. The number of hydrogen-bond donors (Lipinski definition) is 2. The van der Waals surface area contributed by atoms with Crippen LogP contribution in [0.1, 0.15) is 51.4 Å². The van der Waals surface area contributed by atoms with Crippen molar-refractivity contribution < 1.29 is 25.8 Å². The van der Waals surface area contributed by atoms with E-state index < -0.39 is 21.4 Å². The van der Waals surface area contributed by atoms with Gasteiger partial charge in [0.15, 0.2) is 0 Å². The summed E-state index contributed by atoms with van der Waals surface area (Å²) in [6, 6.07) is 20.3. The quantitative estimate of drug-likeness (QED) is 0.130. The molecule has 0 radical (unpaired) electrons. The number of anilines is 3. The van der Waals surface area contributed by atoms with Crippen LogP contribution in [0.15, 0.2) is 95.2 Å². The van der Waals surface area contributed by atoms with E-state index in [1.165, 1.54) is 55.6 Å². The molecule has 9 nitrogen and oxygen atoms in total. The molecule has 2 aromatic heterocycles. The number of piperidine rings is 2. The van der Waals surface area contributed by atoms with Crippen molar-refractivity contribution in [3.05, 3.63) is 95.5 Å². The Bertz CT molecular complexity index is 2000. The van der Waals surface area contributed by atoms with Crippen LogP contribution in [0.4, 0.5) is 30.2 Å². The predicted molar refractivity (Wildman–Crippen MR) is 222 cm³/mol. The number of nitrogens with two attached hydrogens (primary N) is 1. The van der Waals surface area contributed by atoms with Crippen molar-refractivity contribution >= 4 is 73.9 Å². The zero-order chi connectivity index (χ0) is 40.0. The Hall–Kier alpha value is -2.92. The largest absolute Gasteiger partial charge is 0.534 e. The maximum atomic E-state index is 12.4. The molecule has 0 saturated carbocycles. The number of hydrogen-bond acceptors (Lipinski definition) is 11. The first-order valence-electron chi connectivity index (χ1n) is 18.3. The van der Waals surface area contributed by atoms with Crippen LogP contribution < -0.4 is 15.2 Å². The normalized spacial score (nSPS) is 24.7. The maximum Gasteiger partial charge on any atom is 0.534 e. The lowest BCUT2D eigenvalue weighted by Gasteiger charge is -2.36. The van der Waals surface area contributed by atoms with Gasteiger partial charge in [-0.25, -0.2) is 0 Å². The summed E-state index contributed by atoms with van der Waals surface area (Å²) in [5, 5.41) is 5.44. The van der Waals surface area contributed by atoms with Gasteiger partial charge in [0.05, 0.1) is 27.6 Å². The zero-order valence-corrected chi connectivity index (χ0v) is 34.9. The Morgan fingerprint density at radius 1 is 0.750 bits per heavy atom. The summed E-state index contributed by atoms with van der Waals surface area (Å²) < 4.78 is 63.3. The summed E-state index contributed by atoms with van der Waals surface area (Å²) in [4.78, 5) is 14.8. The minimum atomic E-state index is -5.69. The molecule has 3 N–H and O–H groups in total. The molecule has 17 heteroatoms. The van der Waals surface area contributed by atoms with E-state index in [1.807, 2.05) is 36.2 Å². The SMILES string of the molecule is CN1[C@@H]2CC[C@H]1CC(Sc1ccc(Nc3cccnc3)cc1Cl)C2.CN1[C@@H]2CC[C@H]1CC(Sc1ccc(OS(=O)(=O)C(F)(F)F)cc1Cl)C2.Nc1cccnc1. The minimum Gasteiger partial charge on any atom is -0.397 e. The van der Waals surface area contributed by atoms with Gasteiger partial charge < -0.3 is 25.0 Å². The molecule has 6 atom stereocenters. The molecule has 4 aliphatic rings. The van der Waals surface area contributed by atoms with E-state index in [-0.39, 0.29) is 5.02 Å². The average Bonchev–Trinajstić information content (AvgIpc) is 3.46. The highest BCUT2D eigenvalue weighted by Crippen LogP contribution is 2.45. The van der Waals surface area contributed by atoms with E-state index >= 15 is 0 Å². The monoisotopic (exact) mass is 868 g/mol. The van der Waals surface area contributed by atoms with E-state index in [0.717, 1.165) is 47.4 Å². The smallest absolute Gasteiger partial charge is 0.397 e. The maximum absolute atomic E-state index is 12.4. The van der Waals surface area contributed by atoms with Crippen molar-refractivity contribution in [1.82, 2.24) is 19.8 Å². The van der Waals surface area contributed by atoms with Gasteiger partial charge in [0.1, 0.15) is 5.75 Å². The molecule has 4 bridgehead atoms. The highest BCUT2D eigenvalue weighted by Gasteiger charge is 2.48. The number of thioether (sulfide) groups is 2. The molecule has 4 saturated heterocycles. The van der Waals surface area contributed by atoms with Crippen LogP contribution >= 0.6 is 46.7 Å². The van der Waals surface area contributed by atoms with Gasteiger partial charge in [-0.3, -0.25) is 9.97 Å². The molecule has 56 heavy (non-hydrogen) atoms. The van der Waals surface area contributed by atoms with Crippen LogP contribution in [0.3, 0.4) is 0 Å². The standard InChI is InChI=1S/C19H22ClN3S.C15H17ClF3NO3S2.C5H6N2/c1-23-15-5-6-16(23)11-17(10-15)24-19-7-4-13(9-18(19)20)22-14-3-2-8-21-12-14;1-20-9-2-3-10(20)7-12(6-9)24-14-5-4-11(8-13(14)16)23-25(21,22)15(17,18)19;6-5-2-1-3-7-4-5/h2-4,7-9,12,15-17,22H,5-6,10-11H2,1H3;4-5,8-10,12H,2-3,6-7H2,1H3;1-4H,6H2/t15-,16+,17?;9-,10+,12?;. The van der Waals surface area contributed by atoms with Gasteiger partial charge in [-0.2, -0.15) is 21.6 Å². The number of halogens is 5. The molecule has 2 aromatic carbocycles. The van der Waals surface area contributed by atoms with Crippen LogP contribution in [0.2, 0.25) is 10.0 Å². The van der Waals surface area contributed by atoms with Gasteiger partial charge in [-0.1, -0.05) is 23.2 Å². The molecule has 4 aromatic rings. The number of alkyl halides is 3. The summed E-state index contributed by atoms with van der Waals surface area (Å²) in [6.07, 6.45) is 16.6. The summed E-state index contributed by atoms with van der Waals surface area (Å²) in [5.41, 5.74) is 2.51. The average molecular weight is 870 g/mol. The fourth-order valence-electron chi connectivity index (χ4n) is 7.73. The second kappa shape index (κ2) is 18.8. The Labute approximate surface area is 345 Å². The van der Waals surface area contributed by atoms with Crippen LogP contribution in [0.5, 0.6) is 5.75 Å². The van der Waals surface area contributed by atoms with E-state index in [1.54, 1.807) is 42.5 Å². The number of aromatic nitrogens is 2. The van der Waals surface area contributed by atoms with Gasteiger partial charge in [-0.05, 0) is 120 Å². The van der Waals surface area contributed by atoms with Gasteiger partial charge in [0, 0.05) is 74.8 Å². The number of pyridine rings is 2.